The van der Waals surface area contributed by atoms with Crippen LogP contribution in [-0.2, 0) is 84.7 Å². The molecule has 0 spiro atoms. The first-order chi connectivity index (χ1) is 34.9. The van der Waals surface area contributed by atoms with Crippen LogP contribution in [0.2, 0.25) is 0 Å². The molecule has 0 bridgehead atoms. The van der Waals surface area contributed by atoms with E-state index >= 15 is 4.79 Å². The quantitative estimate of drug-likeness (QED) is 0.0687. The van der Waals surface area contributed by atoms with Crippen molar-refractivity contribution in [1.29, 1.82) is 0 Å². The van der Waals surface area contributed by atoms with Gasteiger partial charge < -0.3 is 56.8 Å². The summed E-state index contributed by atoms with van der Waals surface area (Å²) in [5.74, 6) is -6.60. The van der Waals surface area contributed by atoms with Gasteiger partial charge >= 0.3 is 41.8 Å². The molecule has 0 saturated carbocycles. The fourth-order valence-corrected chi connectivity index (χ4v) is 8.92. The lowest BCUT2D eigenvalue weighted by molar-refractivity contribution is -0.228. The van der Waals surface area contributed by atoms with Gasteiger partial charge in [0.15, 0.2) is 42.4 Å². The van der Waals surface area contributed by atoms with Crippen molar-refractivity contribution in [3.8, 4) is 23.0 Å². The number of hydrogen-bond donors (Lipinski definition) is 0. The standard InChI is InChI=1S/C53H54O20/c1-27(54)66-37-20-18-36(19-21-37)39-22-38(61)42-47(62-23-34-14-10-8-11-15-34)43(50-52(71-32(6)59)45(69-30(4)57)40(25-64-50)67-28(2)55)48(63-24-35-16-12-9-13-17-35)44(49(42)73-39)51-53(72-33(7)60)46(70-31(5)58)41(26-65-51)68-29(3)56/h8-21,39-41,45-46,50-53H,22-26H2,1-7H3/t39?,40-,41+,45+,46+,50+,51+,52-,53-/m1/s1. The molecule has 2 saturated heterocycles. The zero-order chi connectivity index (χ0) is 52.5. The first kappa shape index (κ1) is 53.0. The molecule has 20 heteroatoms. The molecule has 20 nitrogen and oxygen atoms in total. The number of rotatable bonds is 16. The normalized spacial score (nSPS) is 23.2. The average Bonchev–Trinajstić information content (AvgIpc) is 3.32. The van der Waals surface area contributed by atoms with Crippen LogP contribution in [0.1, 0.15) is 111 Å². The molecule has 4 aromatic carbocycles. The van der Waals surface area contributed by atoms with E-state index in [1.807, 2.05) is 0 Å². The smallest absolute Gasteiger partial charge is 0.308 e. The zero-order valence-corrected chi connectivity index (χ0v) is 41.0. The van der Waals surface area contributed by atoms with Gasteiger partial charge in [-0.25, -0.2) is 0 Å². The van der Waals surface area contributed by atoms with Crippen LogP contribution in [0.15, 0.2) is 84.9 Å². The van der Waals surface area contributed by atoms with Crippen LogP contribution < -0.4 is 18.9 Å². The van der Waals surface area contributed by atoms with Crippen LogP contribution in [0.3, 0.4) is 0 Å². The molecule has 7 rings (SSSR count). The number of ketones is 1. The number of benzene rings is 4. The third kappa shape index (κ3) is 13.0. The molecule has 2 fully saturated rings. The van der Waals surface area contributed by atoms with E-state index in [9.17, 15) is 33.6 Å². The highest BCUT2D eigenvalue weighted by Crippen LogP contribution is 2.57. The van der Waals surface area contributed by atoms with Gasteiger partial charge in [0, 0.05) is 48.5 Å². The Labute approximate surface area is 419 Å². The van der Waals surface area contributed by atoms with Gasteiger partial charge in [-0.05, 0) is 28.8 Å². The van der Waals surface area contributed by atoms with Gasteiger partial charge in [-0.1, -0.05) is 72.8 Å². The van der Waals surface area contributed by atoms with Gasteiger partial charge in [0.1, 0.15) is 60.1 Å². The second-order valence-electron chi connectivity index (χ2n) is 17.2. The van der Waals surface area contributed by atoms with Gasteiger partial charge in [-0.3, -0.25) is 38.4 Å². The summed E-state index contributed by atoms with van der Waals surface area (Å²) in [7, 11) is 0. The third-order valence-electron chi connectivity index (χ3n) is 11.6. The van der Waals surface area contributed by atoms with E-state index in [-0.39, 0.29) is 59.3 Å². The fraction of sp³-hybridized carbons (Fsp3) is 0.396. The van der Waals surface area contributed by atoms with Gasteiger partial charge in [0.05, 0.1) is 30.8 Å². The summed E-state index contributed by atoms with van der Waals surface area (Å²) in [5, 5.41) is 0. The van der Waals surface area contributed by atoms with Crippen LogP contribution in [0.25, 0.3) is 0 Å². The molecule has 4 aromatic rings. The molecule has 1 unspecified atom stereocenters. The van der Waals surface area contributed by atoms with Gasteiger partial charge in [0.2, 0.25) is 0 Å². The van der Waals surface area contributed by atoms with E-state index in [4.69, 9.17) is 56.8 Å². The molecule has 0 aromatic heterocycles. The third-order valence-corrected chi connectivity index (χ3v) is 11.6. The van der Waals surface area contributed by atoms with Crippen molar-refractivity contribution in [3.63, 3.8) is 0 Å². The van der Waals surface area contributed by atoms with E-state index in [0.29, 0.717) is 16.7 Å². The highest BCUT2D eigenvalue weighted by molar-refractivity contribution is 6.04. The number of Topliss-reactive ketones (excluding diaryl/α,β-unsaturated/α-hetero) is 1. The Balaban J connectivity index is 1.59. The van der Waals surface area contributed by atoms with Crippen LogP contribution >= 0.6 is 0 Å². The second kappa shape index (κ2) is 23.6. The van der Waals surface area contributed by atoms with Gasteiger partial charge in [-0.15, -0.1) is 0 Å². The molecular formula is C53H54O20. The molecule has 386 valence electrons. The minimum atomic E-state index is -1.69. The molecule has 0 radical (unpaired) electrons. The van der Waals surface area contributed by atoms with E-state index < -0.39 is 116 Å². The number of hydrogen-bond acceptors (Lipinski definition) is 20. The van der Waals surface area contributed by atoms with E-state index in [0.717, 1.165) is 41.5 Å². The highest BCUT2D eigenvalue weighted by Gasteiger charge is 2.55. The van der Waals surface area contributed by atoms with Crippen molar-refractivity contribution < 1.29 is 95.2 Å². The lowest BCUT2D eigenvalue weighted by Crippen LogP contribution is -2.55. The number of fused-ring (bicyclic) bond motifs is 1. The minimum absolute atomic E-state index is 0.122. The summed E-state index contributed by atoms with van der Waals surface area (Å²) < 4.78 is 73.7. The second-order valence-corrected chi connectivity index (χ2v) is 17.2. The Bertz CT molecular complexity index is 2700. The molecular weight excluding hydrogens is 957 g/mol. The Morgan fingerprint density at radius 3 is 1.36 bits per heavy atom. The maximum Gasteiger partial charge on any atom is 0.308 e. The molecule has 3 aliphatic heterocycles. The zero-order valence-electron chi connectivity index (χ0n) is 41.0. The largest absolute Gasteiger partial charge is 0.488 e. The number of carbonyl (C=O) groups excluding carboxylic acids is 8. The Kier molecular flexibility index (Phi) is 17.1. The topological polar surface area (TPSA) is 247 Å². The van der Waals surface area contributed by atoms with E-state index in [1.165, 1.54) is 19.1 Å². The first-order valence-electron chi connectivity index (χ1n) is 23.2. The van der Waals surface area contributed by atoms with E-state index in [2.05, 4.69) is 0 Å². The Hall–Kier alpha value is -7.84. The Morgan fingerprint density at radius 1 is 0.493 bits per heavy atom. The summed E-state index contributed by atoms with van der Waals surface area (Å²) >= 11 is 0. The molecule has 0 N–H and O–H groups in total. The predicted molar refractivity (Wildman–Crippen MR) is 249 cm³/mol. The van der Waals surface area contributed by atoms with Crippen molar-refractivity contribution in [2.75, 3.05) is 13.2 Å². The number of ether oxygens (including phenoxy) is 12. The summed E-state index contributed by atoms with van der Waals surface area (Å²) in [5.41, 5.74) is 1.21. The van der Waals surface area contributed by atoms with Crippen molar-refractivity contribution in [1.82, 2.24) is 0 Å². The molecule has 0 aliphatic carbocycles. The Morgan fingerprint density at radius 2 is 0.918 bits per heavy atom. The number of esters is 7. The molecule has 73 heavy (non-hydrogen) atoms. The molecule has 0 amide bonds. The fourth-order valence-electron chi connectivity index (χ4n) is 8.92. The summed E-state index contributed by atoms with van der Waals surface area (Å²) in [6, 6.07) is 24.0. The van der Waals surface area contributed by atoms with Crippen LogP contribution in [-0.4, -0.2) is 97.4 Å². The predicted octanol–water partition coefficient (Wildman–Crippen LogP) is 6.21. The van der Waals surface area contributed by atoms with Crippen molar-refractivity contribution in [3.05, 3.63) is 118 Å². The van der Waals surface area contributed by atoms with Crippen LogP contribution in [0, 0.1) is 0 Å². The van der Waals surface area contributed by atoms with Crippen LogP contribution in [0.5, 0.6) is 23.0 Å². The summed E-state index contributed by atoms with van der Waals surface area (Å²) in [4.78, 5) is 105. The molecule has 3 aliphatic rings. The SMILES string of the molecule is CC(=O)Oc1ccc(C2CC(=O)c3c(c([C@@H]4OC[C@H](OC(C)=O)[C@H](OC(C)=O)[C@H]4OC(C)=O)c(OCc4ccccc4)c([C@@H]4OC[C@@H](OC(C)=O)[C@H](OC(C)=O)[C@H]4OC(C)=O)c3OCc3ccccc3)O2)cc1. The summed E-state index contributed by atoms with van der Waals surface area (Å²) in [6.45, 7) is 6.49. The number of carbonyl (C=O) groups is 8. The highest BCUT2D eigenvalue weighted by atomic mass is 16.7. The summed E-state index contributed by atoms with van der Waals surface area (Å²) in [6.07, 6.45) is -13.8. The van der Waals surface area contributed by atoms with Gasteiger partial charge in [-0.2, -0.15) is 0 Å². The monoisotopic (exact) mass is 1010 g/mol. The lowest BCUT2D eigenvalue weighted by atomic mass is 9.83. The van der Waals surface area contributed by atoms with E-state index in [1.54, 1.807) is 72.8 Å². The molecule has 3 heterocycles. The lowest BCUT2D eigenvalue weighted by Gasteiger charge is -2.44. The van der Waals surface area contributed by atoms with Crippen molar-refractivity contribution in [2.45, 2.75) is 123 Å². The first-order valence-corrected chi connectivity index (χ1v) is 23.2. The van der Waals surface area contributed by atoms with Crippen LogP contribution in [0.4, 0.5) is 0 Å². The molecule has 9 atom stereocenters. The minimum Gasteiger partial charge on any atom is -0.488 e. The van der Waals surface area contributed by atoms with Crippen molar-refractivity contribution in [2.24, 2.45) is 0 Å². The average molecular weight is 1010 g/mol. The maximum absolute atomic E-state index is 15.4. The van der Waals surface area contributed by atoms with Gasteiger partial charge in [0.25, 0.3) is 0 Å². The maximum atomic E-state index is 15.4. The van der Waals surface area contributed by atoms with Crippen molar-refractivity contribution >= 4 is 47.6 Å².